The number of hydrogen-bond donors (Lipinski definition) is 0. The lowest BCUT2D eigenvalue weighted by molar-refractivity contribution is 0.489. The lowest BCUT2D eigenvalue weighted by Gasteiger charge is -2.40. The van der Waals surface area contributed by atoms with Crippen LogP contribution in [0.4, 0.5) is 0 Å². The highest BCUT2D eigenvalue weighted by molar-refractivity contribution is 7.21. The third kappa shape index (κ3) is 7.25. The summed E-state index contributed by atoms with van der Waals surface area (Å²) in [6, 6.07) is 98.4. The molecular formula is C63H45N3OSi2. The molecule has 6 heteroatoms. The first-order chi connectivity index (χ1) is 34.2. The molecule has 11 aromatic rings. The predicted molar refractivity (Wildman–Crippen MR) is 289 cm³/mol. The Kier molecular flexibility index (Phi) is 10.9. The van der Waals surface area contributed by atoms with E-state index in [-0.39, 0.29) is 0 Å². The van der Waals surface area contributed by atoms with Crippen molar-refractivity contribution in [1.82, 2.24) is 15.0 Å². The van der Waals surface area contributed by atoms with E-state index in [0.717, 1.165) is 39.3 Å². The molecule has 0 saturated heterocycles. The number of ether oxygens (including phenoxy) is 1. The van der Waals surface area contributed by atoms with E-state index >= 15 is 0 Å². The van der Waals surface area contributed by atoms with E-state index in [1.165, 1.54) is 41.5 Å². The van der Waals surface area contributed by atoms with Crippen molar-refractivity contribution < 1.29 is 4.74 Å². The fourth-order valence-electron chi connectivity index (χ4n) is 10.6. The Morgan fingerprint density at radius 1 is 0.304 bits per heavy atom. The topological polar surface area (TPSA) is 47.9 Å². The zero-order chi connectivity index (χ0) is 46.0. The Balaban J connectivity index is 1.20. The summed E-state index contributed by atoms with van der Waals surface area (Å²) in [5.41, 5.74) is 4.76. The number of fused-ring (bicyclic) bond motifs is 2. The summed E-state index contributed by atoms with van der Waals surface area (Å²) >= 11 is 0. The van der Waals surface area contributed by atoms with Crippen molar-refractivity contribution in [1.29, 1.82) is 0 Å². The zero-order valence-corrected chi connectivity index (χ0v) is 39.7. The van der Waals surface area contributed by atoms with Gasteiger partial charge in [0.25, 0.3) is 0 Å². The van der Waals surface area contributed by atoms with Gasteiger partial charge in [-0.1, -0.05) is 261 Å². The summed E-state index contributed by atoms with van der Waals surface area (Å²) in [7, 11) is -6.08. The fraction of sp³-hybridized carbons (Fsp3) is 0. The van der Waals surface area contributed by atoms with Gasteiger partial charge in [-0.3, -0.25) is 0 Å². The number of hydrogen-bond acceptors (Lipinski definition) is 4. The molecule has 0 spiro atoms. The van der Waals surface area contributed by atoms with E-state index in [2.05, 4.69) is 237 Å². The van der Waals surface area contributed by atoms with Crippen LogP contribution < -0.4 is 46.2 Å². The van der Waals surface area contributed by atoms with Crippen LogP contribution in [0, 0.1) is 0 Å². The summed E-state index contributed by atoms with van der Waals surface area (Å²) in [5.74, 6) is 3.57. The minimum absolute atomic E-state index is 0.594. The normalized spacial score (nSPS) is 12.6. The molecule has 1 aliphatic heterocycles. The van der Waals surface area contributed by atoms with Gasteiger partial charge in [-0.15, -0.1) is 0 Å². The maximum atomic E-state index is 7.34. The molecule has 326 valence electrons. The highest BCUT2D eigenvalue weighted by atomic mass is 28.3. The second-order valence-electron chi connectivity index (χ2n) is 17.4. The predicted octanol–water partition coefficient (Wildman–Crippen LogP) is 9.40. The van der Waals surface area contributed by atoms with Crippen LogP contribution in [0.1, 0.15) is 0 Å². The largest absolute Gasteiger partial charge is 0.457 e. The molecule has 12 rings (SSSR count). The average molecular weight is 916 g/mol. The Morgan fingerprint density at radius 3 is 1.19 bits per heavy atom. The van der Waals surface area contributed by atoms with E-state index in [1.807, 2.05) is 36.4 Å². The molecule has 0 N–H and O–H groups in total. The van der Waals surface area contributed by atoms with Crippen LogP contribution in [0.25, 0.3) is 45.3 Å². The molecule has 0 bridgehead atoms. The molecule has 2 heterocycles. The van der Waals surface area contributed by atoms with Gasteiger partial charge in [0.05, 0.1) is 0 Å². The third-order valence-electron chi connectivity index (χ3n) is 13.6. The summed E-state index contributed by atoms with van der Waals surface area (Å²) in [4.78, 5) is 15.8. The van der Waals surface area contributed by atoms with E-state index in [0.29, 0.717) is 17.5 Å². The summed E-state index contributed by atoms with van der Waals surface area (Å²) in [6.45, 7) is 0. The third-order valence-corrected chi connectivity index (χ3v) is 23.2. The van der Waals surface area contributed by atoms with Crippen molar-refractivity contribution in [2.75, 3.05) is 0 Å². The van der Waals surface area contributed by atoms with Gasteiger partial charge < -0.3 is 4.74 Å². The van der Waals surface area contributed by atoms with Gasteiger partial charge in [-0.05, 0) is 59.2 Å². The number of rotatable bonds is 10. The number of nitrogens with zero attached hydrogens (tertiary/aromatic N) is 3. The average Bonchev–Trinajstić information content (AvgIpc) is 3.44. The van der Waals surface area contributed by atoms with Gasteiger partial charge in [-0.2, -0.15) is 0 Å². The number of aromatic nitrogens is 3. The van der Waals surface area contributed by atoms with Gasteiger partial charge in [0.1, 0.15) is 11.5 Å². The molecule has 0 unspecified atom stereocenters. The second kappa shape index (κ2) is 17.9. The summed E-state index contributed by atoms with van der Waals surface area (Å²) in [6.07, 6.45) is 0. The molecule has 0 atom stereocenters. The summed E-state index contributed by atoms with van der Waals surface area (Å²) in [5, 5.41) is 10.1. The van der Waals surface area contributed by atoms with Crippen LogP contribution in [0.3, 0.4) is 0 Å². The minimum atomic E-state index is -3.11. The molecule has 0 saturated carbocycles. The quantitative estimate of drug-likeness (QED) is 0.101. The zero-order valence-electron chi connectivity index (χ0n) is 37.7. The standard InChI is InChI=1S/C63H45N3OSi2/c1-8-25-46(26-9-1)61-64-62(47-27-10-2-11-28-47)66-63(65-61)49-43-48(44-55(45-49)68(50-29-12-3-13-30-50,51-31-14-4-15-32-51)52-33-16-5-17-34-52)56-39-24-42-59-60(56)67-57-40-22-23-41-58(57)69(59,53-35-18-6-19-36-53)54-37-20-7-21-38-54/h1-45H. The van der Waals surface area contributed by atoms with Gasteiger partial charge >= 0.3 is 0 Å². The SMILES string of the molecule is c1ccc(-c2nc(-c3ccccc3)nc(-c3cc(-c4cccc5c4Oc4ccccc4[Si]5(c4ccccc4)c4ccccc4)cc([Si](c4ccccc4)(c4ccccc4)c4ccccc4)c3)n2)cc1. The Bertz CT molecular complexity index is 3370. The highest BCUT2D eigenvalue weighted by Crippen LogP contribution is 2.39. The van der Waals surface area contributed by atoms with Gasteiger partial charge in [0.2, 0.25) is 0 Å². The lowest BCUT2D eigenvalue weighted by atomic mass is 10.0. The summed E-state index contributed by atoms with van der Waals surface area (Å²) < 4.78 is 7.34. The molecule has 0 aliphatic carbocycles. The minimum Gasteiger partial charge on any atom is -0.457 e. The Labute approximate surface area is 405 Å². The van der Waals surface area contributed by atoms with Crippen molar-refractivity contribution >= 4 is 57.6 Å². The number of benzene rings is 10. The van der Waals surface area contributed by atoms with Crippen LogP contribution in [-0.4, -0.2) is 31.1 Å². The van der Waals surface area contributed by atoms with Crippen LogP contribution >= 0.6 is 0 Å². The van der Waals surface area contributed by atoms with Crippen LogP contribution in [0.2, 0.25) is 0 Å². The lowest BCUT2D eigenvalue weighted by Crippen LogP contribution is -2.76. The highest BCUT2D eigenvalue weighted by Gasteiger charge is 2.49. The van der Waals surface area contributed by atoms with E-state index in [9.17, 15) is 0 Å². The van der Waals surface area contributed by atoms with Crippen molar-refractivity contribution in [3.63, 3.8) is 0 Å². The molecule has 1 aromatic heterocycles. The molecule has 1 aliphatic rings. The maximum Gasteiger partial charge on any atom is 0.188 e. The van der Waals surface area contributed by atoms with Gasteiger partial charge in [-0.25, -0.2) is 15.0 Å². The second-order valence-corrected chi connectivity index (χ2v) is 25.0. The molecule has 0 radical (unpaired) electrons. The fourth-order valence-corrected chi connectivity index (χ4v) is 20.4. The van der Waals surface area contributed by atoms with Crippen molar-refractivity contribution in [3.8, 4) is 56.8 Å². The van der Waals surface area contributed by atoms with Gasteiger partial charge in [0.15, 0.2) is 33.6 Å². The Hall–Kier alpha value is -8.56. The molecule has 0 amide bonds. The van der Waals surface area contributed by atoms with Crippen molar-refractivity contribution in [2.24, 2.45) is 0 Å². The van der Waals surface area contributed by atoms with Crippen LogP contribution in [-0.2, 0) is 0 Å². The molecule has 4 nitrogen and oxygen atoms in total. The van der Waals surface area contributed by atoms with Crippen LogP contribution in [0.5, 0.6) is 11.5 Å². The van der Waals surface area contributed by atoms with E-state index in [1.54, 1.807) is 0 Å². The van der Waals surface area contributed by atoms with E-state index in [4.69, 9.17) is 19.7 Å². The van der Waals surface area contributed by atoms with Gasteiger partial charge in [0, 0.05) is 22.3 Å². The van der Waals surface area contributed by atoms with Crippen molar-refractivity contribution in [3.05, 3.63) is 273 Å². The van der Waals surface area contributed by atoms with E-state index < -0.39 is 16.1 Å². The molecule has 69 heavy (non-hydrogen) atoms. The van der Waals surface area contributed by atoms with Crippen LogP contribution in [0.15, 0.2) is 273 Å². The molecule has 10 aromatic carbocycles. The molecule has 0 fully saturated rings. The smallest absolute Gasteiger partial charge is 0.188 e. The first-order valence-corrected chi connectivity index (χ1v) is 27.4. The monoisotopic (exact) mass is 915 g/mol. The Morgan fingerprint density at radius 2 is 0.696 bits per heavy atom. The molecular weight excluding hydrogens is 871 g/mol. The number of para-hydroxylation sites is 2. The first-order valence-electron chi connectivity index (χ1n) is 23.4. The van der Waals surface area contributed by atoms with Crippen molar-refractivity contribution in [2.45, 2.75) is 0 Å². The first kappa shape index (κ1) is 41.8. The maximum absolute atomic E-state index is 7.34.